The van der Waals surface area contributed by atoms with Gasteiger partial charge in [0, 0.05) is 12.3 Å². The summed E-state index contributed by atoms with van der Waals surface area (Å²) in [6, 6.07) is 9.38. The van der Waals surface area contributed by atoms with E-state index in [1.807, 2.05) is 30.3 Å². The molecule has 1 aromatic rings. The van der Waals surface area contributed by atoms with Crippen LogP contribution in [-0.4, -0.2) is 48.8 Å². The van der Waals surface area contributed by atoms with Crippen LogP contribution in [0.4, 0.5) is 0 Å². The van der Waals surface area contributed by atoms with Crippen LogP contribution in [0, 0.1) is 5.92 Å². The van der Waals surface area contributed by atoms with Gasteiger partial charge < -0.3 is 14.3 Å². The fourth-order valence-electron chi connectivity index (χ4n) is 4.30. The van der Waals surface area contributed by atoms with Gasteiger partial charge in [-0.3, -0.25) is 0 Å². The highest BCUT2D eigenvalue weighted by Crippen LogP contribution is 2.40. The molecule has 0 amide bonds. The van der Waals surface area contributed by atoms with E-state index in [4.69, 9.17) is 4.74 Å². The maximum absolute atomic E-state index is 13.1. The molecule has 1 heterocycles. The molecule has 4 nitrogen and oxygen atoms in total. The second-order valence-electron chi connectivity index (χ2n) is 8.13. The molecule has 1 N–H and O–H groups in total. The maximum Gasteiger partial charge on any atom is 0.343 e. The normalized spacial score (nSPS) is 26.7. The molecule has 1 aliphatic heterocycles. The summed E-state index contributed by atoms with van der Waals surface area (Å²) in [6.45, 7) is 1.83. The van der Waals surface area contributed by atoms with Gasteiger partial charge in [-0.15, -0.1) is 0 Å². The van der Waals surface area contributed by atoms with E-state index in [0.717, 1.165) is 49.7 Å². The molecule has 2 fully saturated rings. The monoisotopic (exact) mass is 332 g/mol. The molecule has 0 unspecified atom stereocenters. The third-order valence-electron chi connectivity index (χ3n) is 5.75. The zero-order chi connectivity index (χ0) is 17.2. The van der Waals surface area contributed by atoms with Crippen LogP contribution in [0.2, 0.25) is 0 Å². The quantitative estimate of drug-likeness (QED) is 0.681. The Kier molecular flexibility index (Phi) is 4.97. The van der Waals surface area contributed by atoms with E-state index in [2.05, 4.69) is 14.1 Å². The largest absolute Gasteiger partial charge is 0.454 e. The molecule has 24 heavy (non-hydrogen) atoms. The highest BCUT2D eigenvalue weighted by atomic mass is 16.6. The molecule has 2 aliphatic rings. The van der Waals surface area contributed by atoms with Crippen LogP contribution in [0.3, 0.4) is 0 Å². The number of carbonyl (C=O) groups is 1. The Morgan fingerprint density at radius 3 is 2.38 bits per heavy atom. The number of hydrogen-bond donors (Lipinski definition) is 1. The first-order valence-corrected chi connectivity index (χ1v) is 9.23. The lowest BCUT2D eigenvalue weighted by Gasteiger charge is -2.37. The molecule has 1 aromatic carbocycles. The Morgan fingerprint density at radius 2 is 1.79 bits per heavy atom. The van der Waals surface area contributed by atoms with Crippen molar-refractivity contribution in [3.8, 4) is 0 Å². The summed E-state index contributed by atoms with van der Waals surface area (Å²) in [6.07, 6.45) is 5.87. The Hall–Kier alpha value is -1.39. The van der Waals surface area contributed by atoms with Gasteiger partial charge in [-0.2, -0.15) is 0 Å². The van der Waals surface area contributed by atoms with Gasteiger partial charge in [0.2, 0.25) is 0 Å². The maximum atomic E-state index is 13.1. The van der Waals surface area contributed by atoms with Gasteiger partial charge in [-0.25, -0.2) is 4.79 Å². The van der Waals surface area contributed by atoms with Crippen molar-refractivity contribution in [1.29, 1.82) is 0 Å². The minimum atomic E-state index is -1.51. The third kappa shape index (κ3) is 3.50. The molecule has 0 spiro atoms. The van der Waals surface area contributed by atoms with E-state index in [9.17, 15) is 9.90 Å². The molecule has 132 valence electrons. The lowest BCUT2D eigenvalue weighted by atomic mass is 9.73. The van der Waals surface area contributed by atoms with Crippen LogP contribution in [0.25, 0.3) is 0 Å². The molecule has 0 radical (unpaired) electrons. The van der Waals surface area contributed by atoms with Crippen molar-refractivity contribution < 1.29 is 19.1 Å². The Morgan fingerprint density at radius 1 is 1.12 bits per heavy atom. The summed E-state index contributed by atoms with van der Waals surface area (Å²) < 4.78 is 6.68. The van der Waals surface area contributed by atoms with Crippen molar-refractivity contribution in [1.82, 2.24) is 0 Å². The van der Waals surface area contributed by atoms with Crippen LogP contribution in [0.15, 0.2) is 30.3 Å². The number of quaternary nitrogens is 1. The van der Waals surface area contributed by atoms with E-state index in [-0.39, 0.29) is 12.0 Å². The zero-order valence-electron chi connectivity index (χ0n) is 14.9. The molecule has 1 saturated heterocycles. The first-order chi connectivity index (χ1) is 11.4. The highest BCUT2D eigenvalue weighted by Gasteiger charge is 2.48. The number of hydrogen-bond acceptors (Lipinski definition) is 3. The third-order valence-corrected chi connectivity index (χ3v) is 5.75. The molecule has 2 atom stereocenters. The number of benzene rings is 1. The summed E-state index contributed by atoms with van der Waals surface area (Å²) in [7, 11) is 4.30. The number of rotatable bonds is 4. The van der Waals surface area contributed by atoms with Crippen LogP contribution in [-0.2, 0) is 15.1 Å². The standard InChI is InChI=1S/C20H30NO3/c1-21(2)14-13-18(15-21)24-19(22)20(23,16-9-5-3-6-10-16)17-11-7-4-8-12-17/h3,5-6,9-10,17-18,23H,4,7-8,11-15H2,1-2H3/q+1/t18-,20-/m0/s1. The number of carbonyl (C=O) groups excluding carboxylic acids is 1. The molecular formula is C20H30NO3+. The number of aliphatic hydroxyl groups is 1. The predicted octanol–water partition coefficient (Wildman–Crippen LogP) is 2.85. The molecule has 4 heteroatoms. The zero-order valence-corrected chi connectivity index (χ0v) is 14.9. The van der Waals surface area contributed by atoms with Crippen molar-refractivity contribution in [2.24, 2.45) is 5.92 Å². The van der Waals surface area contributed by atoms with Crippen LogP contribution in [0.5, 0.6) is 0 Å². The van der Waals surface area contributed by atoms with Gasteiger partial charge in [-0.05, 0) is 18.4 Å². The van der Waals surface area contributed by atoms with Gasteiger partial charge in [0.25, 0.3) is 0 Å². The smallest absolute Gasteiger partial charge is 0.343 e. The van der Waals surface area contributed by atoms with E-state index in [1.54, 1.807) is 0 Å². The summed E-state index contributed by atoms with van der Waals surface area (Å²) >= 11 is 0. The van der Waals surface area contributed by atoms with Gasteiger partial charge in [0.15, 0.2) is 11.7 Å². The number of nitrogens with zero attached hydrogens (tertiary/aromatic N) is 1. The fraction of sp³-hybridized carbons (Fsp3) is 0.650. The van der Waals surface area contributed by atoms with Gasteiger partial charge in [0.05, 0.1) is 20.6 Å². The topological polar surface area (TPSA) is 46.5 Å². The van der Waals surface area contributed by atoms with Crippen molar-refractivity contribution in [3.63, 3.8) is 0 Å². The average Bonchev–Trinajstić information content (AvgIpc) is 2.94. The van der Waals surface area contributed by atoms with Crippen molar-refractivity contribution in [2.45, 2.75) is 50.2 Å². The van der Waals surface area contributed by atoms with E-state index >= 15 is 0 Å². The Labute approximate surface area is 145 Å². The minimum absolute atomic E-state index is 0.0509. The first kappa shape index (κ1) is 17.4. The molecule has 1 saturated carbocycles. The van der Waals surface area contributed by atoms with Gasteiger partial charge in [-0.1, -0.05) is 49.6 Å². The Balaban J connectivity index is 1.83. The van der Waals surface area contributed by atoms with Crippen LogP contribution >= 0.6 is 0 Å². The van der Waals surface area contributed by atoms with Crippen LogP contribution in [0.1, 0.15) is 44.1 Å². The fourth-order valence-corrected chi connectivity index (χ4v) is 4.30. The van der Waals surface area contributed by atoms with Crippen LogP contribution < -0.4 is 0 Å². The second kappa shape index (κ2) is 6.85. The van der Waals surface area contributed by atoms with Crippen molar-refractivity contribution in [2.75, 3.05) is 27.2 Å². The van der Waals surface area contributed by atoms with Gasteiger partial charge in [0.1, 0.15) is 6.54 Å². The average molecular weight is 332 g/mol. The highest BCUT2D eigenvalue weighted by molar-refractivity contribution is 5.81. The molecule has 3 rings (SSSR count). The van der Waals surface area contributed by atoms with Gasteiger partial charge >= 0.3 is 5.97 Å². The van der Waals surface area contributed by atoms with E-state index in [1.165, 1.54) is 6.42 Å². The molecule has 0 bridgehead atoms. The summed E-state index contributed by atoms with van der Waals surface area (Å²) in [4.78, 5) is 13.1. The number of ether oxygens (including phenoxy) is 1. The predicted molar refractivity (Wildman–Crippen MR) is 93.3 cm³/mol. The van der Waals surface area contributed by atoms with E-state index in [0.29, 0.717) is 5.56 Å². The SMILES string of the molecule is C[N+]1(C)CC[C@H](OC(=O)[C@](O)(c2ccccc2)C2CCCCC2)C1. The van der Waals surface area contributed by atoms with E-state index < -0.39 is 11.6 Å². The number of esters is 1. The van der Waals surface area contributed by atoms with Crippen molar-refractivity contribution in [3.05, 3.63) is 35.9 Å². The first-order valence-electron chi connectivity index (χ1n) is 9.23. The Bertz CT molecular complexity index is 566. The number of likely N-dealkylation sites (tertiary alicyclic amines) is 1. The summed E-state index contributed by atoms with van der Waals surface area (Å²) in [5.74, 6) is -0.502. The molecule has 1 aliphatic carbocycles. The summed E-state index contributed by atoms with van der Waals surface area (Å²) in [5, 5.41) is 11.5. The lowest BCUT2D eigenvalue weighted by Crippen LogP contribution is -2.47. The number of likely N-dealkylation sites (N-methyl/N-ethyl adjacent to an activating group) is 1. The minimum Gasteiger partial charge on any atom is -0.454 e. The molecular weight excluding hydrogens is 302 g/mol. The lowest BCUT2D eigenvalue weighted by molar-refractivity contribution is -0.879. The van der Waals surface area contributed by atoms with Crippen molar-refractivity contribution >= 4 is 5.97 Å². The second-order valence-corrected chi connectivity index (χ2v) is 8.13. The molecule has 0 aromatic heterocycles. The summed E-state index contributed by atoms with van der Waals surface area (Å²) in [5.41, 5.74) is -0.838.